The largest absolute Gasteiger partial charge is 0.492 e. The van der Waals surface area contributed by atoms with Crippen molar-refractivity contribution in [3.63, 3.8) is 0 Å². The summed E-state index contributed by atoms with van der Waals surface area (Å²) in [5.74, 6) is 0.133. The second-order valence-corrected chi connectivity index (χ2v) is 11.4. The molecule has 1 unspecified atom stereocenters. The van der Waals surface area contributed by atoms with Crippen molar-refractivity contribution >= 4 is 33.9 Å². The highest BCUT2D eigenvalue weighted by Crippen LogP contribution is 2.37. The number of benzene rings is 4. The van der Waals surface area contributed by atoms with Crippen molar-refractivity contribution in [1.29, 1.82) is 0 Å². The van der Waals surface area contributed by atoms with Gasteiger partial charge in [0.15, 0.2) is 6.23 Å². The average Bonchev–Trinajstić information content (AvgIpc) is 3.63. The van der Waals surface area contributed by atoms with Crippen molar-refractivity contribution in [3.05, 3.63) is 131 Å². The third-order valence-corrected chi connectivity index (χ3v) is 8.70. The number of amides is 2. The summed E-state index contributed by atoms with van der Waals surface area (Å²) in [4.78, 5) is 26.7. The first-order chi connectivity index (χ1) is 22.1. The van der Waals surface area contributed by atoms with E-state index in [0.29, 0.717) is 16.9 Å². The number of allylic oxidation sites excluding steroid dienone is 1. The number of fused-ring (bicyclic) bond motifs is 2. The van der Waals surface area contributed by atoms with Gasteiger partial charge in [-0.05, 0) is 89.9 Å². The summed E-state index contributed by atoms with van der Waals surface area (Å²) in [6.45, 7) is 3.36. The molecule has 1 saturated heterocycles. The minimum atomic E-state index is -0.272. The molecule has 1 aromatic heterocycles. The predicted molar refractivity (Wildman–Crippen MR) is 175 cm³/mol. The first-order valence-corrected chi connectivity index (χ1v) is 15.7. The highest BCUT2D eigenvalue weighted by atomic mass is 16.5. The van der Waals surface area contributed by atoms with E-state index in [1.807, 2.05) is 29.1 Å². The number of ether oxygens (including phenoxy) is 2. The zero-order valence-electron chi connectivity index (χ0n) is 25.3. The molecule has 0 N–H and O–H groups in total. The number of hydrogen-bond donors (Lipinski definition) is 0. The van der Waals surface area contributed by atoms with Crippen molar-refractivity contribution in [3.8, 4) is 5.75 Å². The van der Waals surface area contributed by atoms with Gasteiger partial charge in [0.25, 0.3) is 11.8 Å². The van der Waals surface area contributed by atoms with Gasteiger partial charge in [0.1, 0.15) is 12.4 Å². The first-order valence-electron chi connectivity index (χ1n) is 15.7. The summed E-state index contributed by atoms with van der Waals surface area (Å²) in [6.07, 6.45) is 6.00. The van der Waals surface area contributed by atoms with Crippen LogP contribution in [0.1, 0.15) is 76.2 Å². The van der Waals surface area contributed by atoms with Crippen LogP contribution in [-0.4, -0.2) is 46.3 Å². The lowest BCUT2D eigenvalue weighted by Crippen LogP contribution is -2.33. The van der Waals surface area contributed by atoms with Crippen LogP contribution >= 0.6 is 0 Å². The third kappa shape index (κ3) is 5.56. The number of imide groups is 1. The standard InChI is InChI=1S/C38H35N3O4/c1-2-31(26-10-4-3-5-11-26)36(28-17-20-34-29(24-28)25-39-41(34)35-14-8-9-22-45-35)27-15-18-30(19-16-27)44-23-21-40-37(42)32-12-6-7-13-33(32)38(40)43/h3-7,10-13,15-20,24-25,35H,2,8-9,14,21-23H2,1H3. The third-order valence-electron chi connectivity index (χ3n) is 8.70. The predicted octanol–water partition coefficient (Wildman–Crippen LogP) is 7.78. The number of hydrogen-bond acceptors (Lipinski definition) is 5. The number of nitrogens with zero attached hydrogens (tertiary/aromatic N) is 3. The monoisotopic (exact) mass is 597 g/mol. The Hall–Kier alpha value is -5.01. The second kappa shape index (κ2) is 12.5. The van der Waals surface area contributed by atoms with E-state index >= 15 is 0 Å². The van der Waals surface area contributed by atoms with Crippen LogP contribution in [0.2, 0.25) is 0 Å². The smallest absolute Gasteiger partial charge is 0.261 e. The minimum Gasteiger partial charge on any atom is -0.492 e. The Morgan fingerprint density at radius 2 is 1.56 bits per heavy atom. The van der Waals surface area contributed by atoms with E-state index in [1.165, 1.54) is 16.0 Å². The van der Waals surface area contributed by atoms with Crippen molar-refractivity contribution < 1.29 is 19.1 Å². The highest BCUT2D eigenvalue weighted by molar-refractivity contribution is 6.21. The SMILES string of the molecule is CCC(=C(c1ccc(OCCN2C(=O)c3ccccc3C2=O)cc1)c1ccc2c(cnn2C2CCCCO2)c1)c1ccccc1. The first kappa shape index (κ1) is 28.7. The van der Waals surface area contributed by atoms with Gasteiger partial charge < -0.3 is 9.47 Å². The number of aromatic nitrogens is 2. The van der Waals surface area contributed by atoms with Gasteiger partial charge in [-0.15, -0.1) is 0 Å². The van der Waals surface area contributed by atoms with Crippen LogP contribution in [0.5, 0.6) is 5.75 Å². The van der Waals surface area contributed by atoms with E-state index in [0.717, 1.165) is 59.9 Å². The van der Waals surface area contributed by atoms with Crippen LogP contribution in [0.25, 0.3) is 22.0 Å². The maximum Gasteiger partial charge on any atom is 0.261 e. The number of rotatable bonds is 9. The van der Waals surface area contributed by atoms with Crippen LogP contribution in [0.4, 0.5) is 0 Å². The lowest BCUT2D eigenvalue weighted by Gasteiger charge is -2.23. The number of carbonyl (C=O) groups is 2. The molecule has 3 heterocycles. The highest BCUT2D eigenvalue weighted by Gasteiger charge is 2.34. The lowest BCUT2D eigenvalue weighted by molar-refractivity contribution is -0.0366. The van der Waals surface area contributed by atoms with Gasteiger partial charge in [0.05, 0.1) is 29.4 Å². The fourth-order valence-corrected chi connectivity index (χ4v) is 6.45. The topological polar surface area (TPSA) is 73.7 Å². The Morgan fingerprint density at radius 3 is 2.24 bits per heavy atom. The van der Waals surface area contributed by atoms with Gasteiger partial charge >= 0.3 is 0 Å². The Labute approximate surface area is 262 Å². The number of carbonyl (C=O) groups excluding carboxylic acids is 2. The van der Waals surface area contributed by atoms with Gasteiger partial charge in [-0.2, -0.15) is 5.10 Å². The normalized spacial score (nSPS) is 17.0. The Morgan fingerprint density at radius 1 is 0.844 bits per heavy atom. The molecule has 4 aromatic carbocycles. The summed E-state index contributed by atoms with van der Waals surface area (Å²) in [5, 5.41) is 5.80. The molecule has 2 amide bonds. The molecular formula is C38H35N3O4. The van der Waals surface area contributed by atoms with Crippen molar-refractivity contribution in [2.45, 2.75) is 38.8 Å². The molecule has 0 aliphatic carbocycles. The molecule has 2 aliphatic rings. The summed E-state index contributed by atoms with van der Waals surface area (Å²) in [7, 11) is 0. The summed E-state index contributed by atoms with van der Waals surface area (Å²) in [5.41, 5.74) is 7.75. The molecule has 226 valence electrons. The molecule has 0 saturated carbocycles. The van der Waals surface area contributed by atoms with Crippen molar-refractivity contribution in [2.24, 2.45) is 0 Å². The van der Waals surface area contributed by atoms with E-state index < -0.39 is 0 Å². The Balaban J connectivity index is 1.16. The van der Waals surface area contributed by atoms with E-state index in [9.17, 15) is 9.59 Å². The lowest BCUT2D eigenvalue weighted by atomic mass is 9.88. The molecule has 0 bridgehead atoms. The van der Waals surface area contributed by atoms with Gasteiger partial charge in [-0.25, -0.2) is 4.68 Å². The maximum absolute atomic E-state index is 12.7. The van der Waals surface area contributed by atoms with Crippen LogP contribution in [-0.2, 0) is 4.74 Å². The van der Waals surface area contributed by atoms with Gasteiger partial charge in [0, 0.05) is 12.0 Å². The van der Waals surface area contributed by atoms with Crippen LogP contribution in [0.15, 0.2) is 103 Å². The molecule has 7 nitrogen and oxygen atoms in total. The maximum atomic E-state index is 12.7. The minimum absolute atomic E-state index is 0.0165. The molecule has 0 spiro atoms. The molecule has 2 aliphatic heterocycles. The molecule has 7 rings (SSSR count). The second-order valence-electron chi connectivity index (χ2n) is 11.4. The molecule has 0 radical (unpaired) electrons. The molecule has 45 heavy (non-hydrogen) atoms. The molecule has 1 atom stereocenters. The van der Waals surface area contributed by atoms with Crippen molar-refractivity contribution in [1.82, 2.24) is 14.7 Å². The molecule has 7 heteroatoms. The zero-order chi connectivity index (χ0) is 30.8. The van der Waals surface area contributed by atoms with E-state index in [4.69, 9.17) is 14.6 Å². The quantitative estimate of drug-likeness (QED) is 0.128. The zero-order valence-corrected chi connectivity index (χ0v) is 25.3. The Bertz CT molecular complexity index is 1850. The van der Waals surface area contributed by atoms with Crippen LogP contribution in [0, 0.1) is 0 Å². The summed E-state index contributed by atoms with van der Waals surface area (Å²) in [6, 6.07) is 32.1. The van der Waals surface area contributed by atoms with Gasteiger partial charge in [0.2, 0.25) is 0 Å². The van der Waals surface area contributed by atoms with Crippen LogP contribution < -0.4 is 4.74 Å². The fourth-order valence-electron chi connectivity index (χ4n) is 6.45. The van der Waals surface area contributed by atoms with Gasteiger partial charge in [-0.3, -0.25) is 14.5 Å². The Kier molecular flexibility index (Phi) is 8.01. The molecule has 1 fully saturated rings. The molecular weight excluding hydrogens is 562 g/mol. The van der Waals surface area contributed by atoms with Crippen LogP contribution in [0.3, 0.4) is 0 Å². The summed E-state index contributed by atoms with van der Waals surface area (Å²) >= 11 is 0. The average molecular weight is 598 g/mol. The van der Waals surface area contributed by atoms with Gasteiger partial charge in [-0.1, -0.05) is 67.6 Å². The fraction of sp³-hybridized carbons (Fsp3) is 0.237. The van der Waals surface area contributed by atoms with E-state index in [-0.39, 0.29) is 31.2 Å². The molecule has 5 aromatic rings. The summed E-state index contributed by atoms with van der Waals surface area (Å²) < 4.78 is 14.1. The van der Waals surface area contributed by atoms with E-state index in [1.54, 1.807) is 24.3 Å². The van der Waals surface area contributed by atoms with E-state index in [2.05, 4.69) is 61.5 Å². The van der Waals surface area contributed by atoms with Crippen molar-refractivity contribution in [2.75, 3.05) is 19.8 Å².